The molecule has 1 unspecified atom stereocenters. The van der Waals surface area contributed by atoms with Gasteiger partial charge in [0.15, 0.2) is 9.84 Å². The number of benzene rings is 3. The number of hydrogen-bond acceptors (Lipinski definition) is 6. The fourth-order valence-electron chi connectivity index (χ4n) is 5.18. The van der Waals surface area contributed by atoms with Crippen molar-refractivity contribution in [3.8, 4) is 0 Å². The molecule has 1 fully saturated rings. The molecular weight excluding hydrogens is 500 g/mol. The van der Waals surface area contributed by atoms with Gasteiger partial charge in [0.2, 0.25) is 0 Å². The fraction of sp³-hybridized carbons (Fsp3) is 0.367. The second kappa shape index (κ2) is 10.5. The molecule has 1 aliphatic heterocycles. The number of carbonyl (C=O) groups is 1. The number of nitrogens with zero attached hydrogens (tertiary/aromatic N) is 2. The summed E-state index contributed by atoms with van der Waals surface area (Å²) in [5.41, 5.74) is 0.875. The minimum atomic E-state index is -3.72. The monoisotopic (exact) mass is 536 g/mol. The van der Waals surface area contributed by atoms with Crippen LogP contribution in [0.2, 0.25) is 0 Å². The highest BCUT2D eigenvalue weighted by Crippen LogP contribution is 2.45. The first-order valence-corrected chi connectivity index (χ1v) is 14.6. The summed E-state index contributed by atoms with van der Waals surface area (Å²) in [6.07, 6.45) is 0.599. The largest absolute Gasteiger partial charge is 0.443 e. The maximum Gasteiger partial charge on any atom is 0.414 e. The van der Waals surface area contributed by atoms with Crippen molar-refractivity contribution in [2.24, 2.45) is 0 Å². The van der Waals surface area contributed by atoms with E-state index in [4.69, 9.17) is 4.74 Å². The average molecular weight is 537 g/mol. The number of β-amino-alcohol motifs (C(OH)–C–C–N with tert-alkyl or cyclic N) is 1. The molecule has 0 aliphatic carbocycles. The molecule has 0 bridgehead atoms. The molecule has 1 saturated heterocycles. The van der Waals surface area contributed by atoms with Gasteiger partial charge in [0.05, 0.1) is 6.04 Å². The van der Waals surface area contributed by atoms with Crippen LogP contribution in [0.25, 0.3) is 0 Å². The van der Waals surface area contributed by atoms with E-state index < -0.39 is 32.4 Å². The van der Waals surface area contributed by atoms with E-state index in [-0.39, 0.29) is 19.1 Å². The third kappa shape index (κ3) is 6.09. The molecule has 1 aliphatic rings. The van der Waals surface area contributed by atoms with Crippen LogP contribution < -0.4 is 4.90 Å². The molecule has 0 saturated carbocycles. The first-order valence-electron chi connectivity index (χ1n) is 12.6. The third-order valence-electron chi connectivity index (χ3n) is 6.69. The molecule has 1 amide bonds. The van der Waals surface area contributed by atoms with Crippen molar-refractivity contribution in [3.63, 3.8) is 0 Å². The minimum absolute atomic E-state index is 0.123. The highest BCUT2D eigenvalue weighted by Gasteiger charge is 2.54. The Bertz CT molecular complexity index is 1330. The van der Waals surface area contributed by atoms with Crippen LogP contribution in [-0.2, 0) is 14.6 Å². The van der Waals surface area contributed by atoms with Crippen molar-refractivity contribution in [2.75, 3.05) is 31.3 Å². The quantitative estimate of drug-likeness (QED) is 0.458. The summed E-state index contributed by atoms with van der Waals surface area (Å²) in [6, 6.07) is 26.6. The molecule has 1 atom stereocenters. The molecule has 1 heterocycles. The van der Waals surface area contributed by atoms with Gasteiger partial charge in [0.25, 0.3) is 0 Å². The third-order valence-corrected chi connectivity index (χ3v) is 8.26. The van der Waals surface area contributed by atoms with E-state index >= 15 is 0 Å². The Balaban J connectivity index is 1.63. The Kier molecular flexibility index (Phi) is 7.70. The van der Waals surface area contributed by atoms with E-state index in [0.29, 0.717) is 11.3 Å². The van der Waals surface area contributed by atoms with Gasteiger partial charge >= 0.3 is 6.09 Å². The molecule has 0 spiro atoms. The van der Waals surface area contributed by atoms with Crippen LogP contribution in [0.5, 0.6) is 0 Å². The minimum Gasteiger partial charge on any atom is -0.443 e. The van der Waals surface area contributed by atoms with Crippen LogP contribution in [0.3, 0.4) is 0 Å². The van der Waals surface area contributed by atoms with Crippen LogP contribution in [0, 0.1) is 0 Å². The van der Waals surface area contributed by atoms with E-state index in [1.54, 1.807) is 52.1 Å². The van der Waals surface area contributed by atoms with Crippen LogP contribution in [0.15, 0.2) is 84.9 Å². The molecular formula is C30H36N2O5S. The number of sulfone groups is 1. The van der Waals surface area contributed by atoms with Crippen LogP contribution >= 0.6 is 0 Å². The normalized spacial score (nSPS) is 16.5. The van der Waals surface area contributed by atoms with Crippen molar-refractivity contribution >= 4 is 21.6 Å². The molecule has 0 radical (unpaired) electrons. The van der Waals surface area contributed by atoms with Crippen molar-refractivity contribution in [1.82, 2.24) is 4.90 Å². The van der Waals surface area contributed by atoms with E-state index in [2.05, 4.69) is 4.90 Å². The summed E-state index contributed by atoms with van der Waals surface area (Å²) in [7, 11) is -2.14. The molecule has 1 N–H and O–H groups in total. The summed E-state index contributed by atoms with van der Waals surface area (Å²) in [5, 5.41) is 10.6. The Labute approximate surface area is 225 Å². The number of carbonyl (C=O) groups excluding carboxylic acids is 1. The van der Waals surface area contributed by atoms with Crippen molar-refractivity contribution in [3.05, 3.63) is 102 Å². The zero-order chi connectivity index (χ0) is 27.7. The van der Waals surface area contributed by atoms with Gasteiger partial charge in [0, 0.05) is 32.1 Å². The molecule has 0 aromatic heterocycles. The van der Waals surface area contributed by atoms with E-state index in [0.717, 1.165) is 17.4 Å². The van der Waals surface area contributed by atoms with Gasteiger partial charge in [-0.3, -0.25) is 9.80 Å². The molecule has 3 aromatic carbocycles. The molecule has 8 heteroatoms. The first-order chi connectivity index (χ1) is 17.8. The van der Waals surface area contributed by atoms with E-state index in [1.807, 2.05) is 60.7 Å². The van der Waals surface area contributed by atoms with Crippen molar-refractivity contribution < 1.29 is 23.1 Å². The Morgan fingerprint density at radius 3 is 1.89 bits per heavy atom. The number of amides is 1. The van der Waals surface area contributed by atoms with E-state index in [9.17, 15) is 18.3 Å². The molecule has 38 heavy (non-hydrogen) atoms. The number of hydrogen-bond donors (Lipinski definition) is 1. The SMILES string of the molecule is CN(C(=O)OC(C)(C)C)c1cccc(C(C2(O)CN(C(c3ccccc3)c3ccccc3)C2)S(C)(=O)=O)c1. The predicted molar refractivity (Wildman–Crippen MR) is 150 cm³/mol. The topological polar surface area (TPSA) is 87.2 Å². The second-order valence-corrected chi connectivity index (χ2v) is 13.2. The van der Waals surface area contributed by atoms with Gasteiger partial charge in [-0.25, -0.2) is 13.2 Å². The van der Waals surface area contributed by atoms with Gasteiger partial charge in [-0.05, 0) is 49.6 Å². The smallest absolute Gasteiger partial charge is 0.414 e. The first kappa shape index (κ1) is 27.8. The number of aliphatic hydroxyl groups is 1. The highest BCUT2D eigenvalue weighted by molar-refractivity contribution is 7.91. The number of rotatable bonds is 7. The summed E-state index contributed by atoms with van der Waals surface area (Å²) in [4.78, 5) is 16.1. The molecule has 7 nitrogen and oxygen atoms in total. The number of likely N-dealkylation sites (tertiary alicyclic amines) is 1. The molecule has 202 valence electrons. The lowest BCUT2D eigenvalue weighted by Crippen LogP contribution is -2.66. The van der Waals surface area contributed by atoms with Crippen LogP contribution in [0.1, 0.15) is 48.8 Å². The number of ether oxygens (including phenoxy) is 1. The summed E-state index contributed by atoms with van der Waals surface area (Å²) >= 11 is 0. The Morgan fingerprint density at radius 2 is 1.42 bits per heavy atom. The van der Waals surface area contributed by atoms with E-state index in [1.165, 1.54) is 4.90 Å². The molecule has 4 rings (SSSR count). The zero-order valence-corrected chi connectivity index (χ0v) is 23.4. The predicted octanol–water partition coefficient (Wildman–Crippen LogP) is 4.98. The van der Waals surface area contributed by atoms with Crippen LogP contribution in [-0.4, -0.2) is 62.1 Å². The number of anilines is 1. The van der Waals surface area contributed by atoms with Gasteiger partial charge in [0.1, 0.15) is 16.5 Å². The zero-order valence-electron chi connectivity index (χ0n) is 22.5. The van der Waals surface area contributed by atoms with Gasteiger partial charge in [-0.1, -0.05) is 72.8 Å². The summed E-state index contributed by atoms with van der Waals surface area (Å²) < 4.78 is 31.7. The maximum absolute atomic E-state index is 13.1. The Morgan fingerprint density at radius 1 is 0.921 bits per heavy atom. The van der Waals surface area contributed by atoms with Crippen molar-refractivity contribution in [1.29, 1.82) is 0 Å². The second-order valence-electron chi connectivity index (χ2n) is 11.1. The van der Waals surface area contributed by atoms with Gasteiger partial charge in [-0.2, -0.15) is 0 Å². The van der Waals surface area contributed by atoms with Crippen molar-refractivity contribution in [2.45, 2.75) is 43.3 Å². The maximum atomic E-state index is 13.1. The summed E-state index contributed by atoms with van der Waals surface area (Å²) in [6.45, 7) is 5.69. The lowest BCUT2D eigenvalue weighted by Gasteiger charge is -2.53. The average Bonchev–Trinajstić information content (AvgIpc) is 2.82. The molecule has 3 aromatic rings. The Hall–Kier alpha value is -3.20. The highest BCUT2D eigenvalue weighted by atomic mass is 32.2. The van der Waals surface area contributed by atoms with Gasteiger partial charge < -0.3 is 9.84 Å². The fourth-order valence-corrected chi connectivity index (χ4v) is 6.77. The standard InChI is InChI=1S/C30H36N2O5S/c1-29(2,3)37-28(33)31(4)25-18-12-17-24(19-25)27(38(5,35)36)30(34)20-32(21-30)26(22-13-8-6-9-14-22)23-15-10-7-11-16-23/h6-19,26-27,34H,20-21H2,1-5H3. The summed E-state index contributed by atoms with van der Waals surface area (Å²) in [5.74, 6) is 0. The van der Waals surface area contributed by atoms with Crippen LogP contribution in [0.4, 0.5) is 10.5 Å². The lowest BCUT2D eigenvalue weighted by atomic mass is 9.82. The van der Waals surface area contributed by atoms with Gasteiger partial charge in [-0.15, -0.1) is 0 Å². The lowest BCUT2D eigenvalue weighted by molar-refractivity contribution is -0.112.